The Morgan fingerprint density at radius 1 is 0.976 bits per heavy atom. The van der Waals surface area contributed by atoms with Crippen LogP contribution in [0.4, 0.5) is 4.79 Å². The number of morpholine rings is 1. The van der Waals surface area contributed by atoms with Gasteiger partial charge in [0.05, 0.1) is 18.6 Å². The van der Waals surface area contributed by atoms with E-state index in [-0.39, 0.29) is 33.2 Å². The molecule has 5 aliphatic carbocycles. The van der Waals surface area contributed by atoms with E-state index in [0.29, 0.717) is 37.8 Å². The number of hydrogen-bond acceptors (Lipinski definition) is 5. The molecular formula is C34H45NO6. The zero-order chi connectivity index (χ0) is 29.6. The average Bonchev–Trinajstić information content (AvgIpc) is 2.94. The number of allylic oxidation sites excluding steroid dienone is 7. The Balaban J connectivity index is 1.37. The van der Waals surface area contributed by atoms with E-state index < -0.39 is 17.5 Å². The molecule has 7 heteroatoms. The van der Waals surface area contributed by atoms with Crippen LogP contribution in [0.15, 0.2) is 46.3 Å². The van der Waals surface area contributed by atoms with Gasteiger partial charge in [0.15, 0.2) is 5.76 Å². The fraction of sp³-hybridized carbons (Fsp3) is 0.676. The Morgan fingerprint density at radius 3 is 2.34 bits per heavy atom. The van der Waals surface area contributed by atoms with Gasteiger partial charge in [-0.15, -0.1) is 0 Å². The third-order valence-corrected chi connectivity index (χ3v) is 12.8. The quantitative estimate of drug-likeness (QED) is 0.407. The second kappa shape index (κ2) is 9.16. The van der Waals surface area contributed by atoms with Crippen molar-refractivity contribution in [2.45, 2.75) is 86.5 Å². The molecule has 7 nitrogen and oxygen atoms in total. The summed E-state index contributed by atoms with van der Waals surface area (Å²) in [4.78, 5) is 40.3. The first-order chi connectivity index (χ1) is 19.2. The number of carbonyl (C=O) groups excluding carboxylic acids is 2. The molecule has 1 aliphatic heterocycles. The van der Waals surface area contributed by atoms with Crippen molar-refractivity contribution in [2.75, 3.05) is 26.3 Å². The van der Waals surface area contributed by atoms with Crippen molar-refractivity contribution < 1.29 is 29.0 Å². The standard InChI is InChI=1S/C34H45NO6/c1-21-22-7-8-25-32(4,23(22)19-24(36)27(21)41-29(39)35-15-17-40-18-16-35)12-14-34(6)26-20-31(3,28(37)38)10-9-30(26,2)11-13-33(25,34)5/h7-8,19,26H,9-18,20H2,1-6H3,(H,37,38)/t26-,30-,31-,32+,33-,34+/m1/s1. The van der Waals surface area contributed by atoms with E-state index in [1.165, 1.54) is 5.57 Å². The van der Waals surface area contributed by atoms with Crippen LogP contribution >= 0.6 is 0 Å². The van der Waals surface area contributed by atoms with Crippen LogP contribution < -0.4 is 0 Å². The number of carboxylic acid groups (broad SMARTS) is 1. The van der Waals surface area contributed by atoms with Gasteiger partial charge in [0, 0.05) is 24.1 Å². The largest absolute Gasteiger partial charge is 0.481 e. The Labute approximate surface area is 243 Å². The van der Waals surface area contributed by atoms with Gasteiger partial charge in [-0.3, -0.25) is 9.59 Å². The van der Waals surface area contributed by atoms with Crippen molar-refractivity contribution in [3.8, 4) is 0 Å². The maximum atomic E-state index is 13.5. The molecule has 0 aromatic carbocycles. The first-order valence-electron chi connectivity index (χ1n) is 15.4. The molecule has 1 heterocycles. The molecule has 3 saturated carbocycles. The molecule has 4 fully saturated rings. The molecular weight excluding hydrogens is 518 g/mol. The van der Waals surface area contributed by atoms with Crippen molar-refractivity contribution in [2.24, 2.45) is 33.0 Å². The number of fused-ring (bicyclic) bond motifs is 7. The molecule has 6 aliphatic rings. The molecule has 0 aromatic heterocycles. The number of hydrogen-bond donors (Lipinski definition) is 1. The van der Waals surface area contributed by atoms with E-state index in [4.69, 9.17) is 9.47 Å². The number of ketones is 1. The van der Waals surface area contributed by atoms with E-state index in [1.54, 1.807) is 11.0 Å². The fourth-order valence-electron chi connectivity index (χ4n) is 9.67. The van der Waals surface area contributed by atoms with Crippen molar-refractivity contribution in [3.63, 3.8) is 0 Å². The van der Waals surface area contributed by atoms with Crippen LogP contribution in [0.2, 0.25) is 0 Å². The highest BCUT2D eigenvalue weighted by molar-refractivity contribution is 6.08. The Kier molecular flexibility index (Phi) is 6.36. The maximum Gasteiger partial charge on any atom is 0.415 e. The van der Waals surface area contributed by atoms with Gasteiger partial charge in [0.1, 0.15) is 0 Å². The summed E-state index contributed by atoms with van der Waals surface area (Å²) in [5.74, 6) is -0.488. The third kappa shape index (κ3) is 3.90. The second-order valence-electron chi connectivity index (χ2n) is 14.9. The van der Waals surface area contributed by atoms with Crippen molar-refractivity contribution >= 4 is 17.8 Å². The minimum atomic E-state index is -0.685. The monoisotopic (exact) mass is 563 g/mol. The summed E-state index contributed by atoms with van der Waals surface area (Å²) in [6.45, 7) is 15.2. The van der Waals surface area contributed by atoms with Crippen LogP contribution in [0.5, 0.6) is 0 Å². The zero-order valence-electron chi connectivity index (χ0n) is 25.5. The zero-order valence-corrected chi connectivity index (χ0v) is 25.5. The number of rotatable bonds is 2. The van der Waals surface area contributed by atoms with Gasteiger partial charge >= 0.3 is 12.1 Å². The highest BCUT2D eigenvalue weighted by Crippen LogP contribution is 2.75. The molecule has 0 radical (unpaired) electrons. The van der Waals surface area contributed by atoms with Gasteiger partial charge in [0.25, 0.3) is 0 Å². The van der Waals surface area contributed by atoms with E-state index in [1.807, 2.05) is 13.8 Å². The van der Waals surface area contributed by atoms with Gasteiger partial charge in [0.2, 0.25) is 5.78 Å². The topological polar surface area (TPSA) is 93.1 Å². The van der Waals surface area contributed by atoms with Crippen LogP contribution in [-0.4, -0.2) is 54.2 Å². The van der Waals surface area contributed by atoms with Gasteiger partial charge in [-0.1, -0.05) is 45.4 Å². The van der Waals surface area contributed by atoms with Crippen molar-refractivity contribution in [1.82, 2.24) is 4.90 Å². The maximum absolute atomic E-state index is 13.5. The predicted octanol–water partition coefficient (Wildman–Crippen LogP) is 6.61. The molecule has 0 spiro atoms. The lowest BCUT2D eigenvalue weighted by Crippen LogP contribution is -2.62. The summed E-state index contributed by atoms with van der Waals surface area (Å²) < 4.78 is 11.1. The van der Waals surface area contributed by atoms with Gasteiger partial charge in [-0.2, -0.15) is 0 Å². The molecule has 0 aromatic rings. The first kappa shape index (κ1) is 28.4. The van der Waals surface area contributed by atoms with E-state index in [9.17, 15) is 19.5 Å². The molecule has 1 amide bonds. The van der Waals surface area contributed by atoms with Crippen LogP contribution in [0, 0.1) is 33.0 Å². The summed E-state index contributed by atoms with van der Waals surface area (Å²) in [5, 5.41) is 10.2. The molecule has 6 atom stereocenters. The molecule has 0 unspecified atom stereocenters. The Bertz CT molecular complexity index is 1350. The number of carboxylic acids is 1. The van der Waals surface area contributed by atoms with Gasteiger partial charge in [-0.05, 0) is 98.2 Å². The minimum Gasteiger partial charge on any atom is -0.481 e. The number of aliphatic carboxylic acids is 1. The molecule has 41 heavy (non-hydrogen) atoms. The third-order valence-electron chi connectivity index (χ3n) is 12.8. The lowest BCUT2D eigenvalue weighted by Gasteiger charge is -2.70. The molecule has 1 saturated heterocycles. The minimum absolute atomic E-state index is 0.0449. The predicted molar refractivity (Wildman–Crippen MR) is 155 cm³/mol. The number of ether oxygens (including phenoxy) is 2. The van der Waals surface area contributed by atoms with Crippen molar-refractivity contribution in [3.05, 3.63) is 46.3 Å². The van der Waals surface area contributed by atoms with Crippen LogP contribution in [0.3, 0.4) is 0 Å². The normalized spacial score (nSPS) is 42.1. The molecule has 222 valence electrons. The average molecular weight is 564 g/mol. The molecule has 6 rings (SSSR count). The van der Waals surface area contributed by atoms with Gasteiger partial charge in [-0.25, -0.2) is 4.79 Å². The summed E-state index contributed by atoms with van der Waals surface area (Å²) in [5.41, 5.74) is 3.07. The Hall–Kier alpha value is -2.67. The molecule has 0 bridgehead atoms. The number of amides is 1. The van der Waals surface area contributed by atoms with Crippen LogP contribution in [0.25, 0.3) is 0 Å². The SMILES string of the molecule is CC1=C(OC(=O)N2CCOCC2)C(=O)C=C2C1=CC=C1[C@@]2(C)CC[C@@]2(C)[C@@H]3C[C@](C)(C(=O)O)CC[C@]3(C)CC[C@]12C. The summed E-state index contributed by atoms with van der Waals surface area (Å²) in [6, 6.07) is 0. The van der Waals surface area contributed by atoms with E-state index in [2.05, 4.69) is 39.8 Å². The summed E-state index contributed by atoms with van der Waals surface area (Å²) in [7, 11) is 0. The fourth-order valence-corrected chi connectivity index (χ4v) is 9.67. The van der Waals surface area contributed by atoms with Crippen LogP contribution in [-0.2, 0) is 19.1 Å². The Morgan fingerprint density at radius 2 is 1.66 bits per heavy atom. The lowest BCUT2D eigenvalue weighted by molar-refractivity contribution is -0.178. The lowest BCUT2D eigenvalue weighted by atomic mass is 9.34. The first-order valence-corrected chi connectivity index (χ1v) is 15.4. The number of nitrogens with zero attached hydrogens (tertiary/aromatic N) is 1. The smallest absolute Gasteiger partial charge is 0.415 e. The summed E-state index contributed by atoms with van der Waals surface area (Å²) in [6.07, 6.45) is 12.1. The van der Waals surface area contributed by atoms with Gasteiger partial charge < -0.3 is 19.5 Å². The number of carbonyl (C=O) groups is 3. The van der Waals surface area contributed by atoms with E-state index >= 15 is 0 Å². The summed E-state index contributed by atoms with van der Waals surface area (Å²) >= 11 is 0. The van der Waals surface area contributed by atoms with Crippen molar-refractivity contribution in [1.29, 1.82) is 0 Å². The second-order valence-corrected chi connectivity index (χ2v) is 14.9. The highest BCUT2D eigenvalue weighted by atomic mass is 16.6. The van der Waals surface area contributed by atoms with E-state index in [0.717, 1.165) is 56.1 Å². The van der Waals surface area contributed by atoms with Crippen LogP contribution in [0.1, 0.15) is 86.5 Å². The highest BCUT2D eigenvalue weighted by Gasteiger charge is 2.67. The molecule has 1 N–H and O–H groups in total.